The Kier molecular flexibility index (Phi) is 4.79. The van der Waals surface area contributed by atoms with Crippen LogP contribution in [-0.4, -0.2) is 9.97 Å². The highest BCUT2D eigenvalue weighted by molar-refractivity contribution is 5.72. The van der Waals surface area contributed by atoms with E-state index in [1.807, 2.05) is 36.4 Å². The largest absolute Gasteiger partial charge is 0.228 e. The first kappa shape index (κ1) is 18.1. The van der Waals surface area contributed by atoms with Crippen molar-refractivity contribution in [2.75, 3.05) is 0 Å². The predicted molar refractivity (Wildman–Crippen MR) is 117 cm³/mol. The van der Waals surface area contributed by atoms with E-state index in [0.717, 1.165) is 33.9 Å². The van der Waals surface area contributed by atoms with Gasteiger partial charge < -0.3 is 0 Å². The van der Waals surface area contributed by atoms with Crippen molar-refractivity contribution in [3.05, 3.63) is 96.6 Å². The van der Waals surface area contributed by atoms with Gasteiger partial charge in [0.2, 0.25) is 0 Å². The summed E-state index contributed by atoms with van der Waals surface area (Å²) >= 11 is 0. The molecule has 2 nitrogen and oxygen atoms in total. The molecular weight excluding hydrogens is 340 g/mol. The van der Waals surface area contributed by atoms with Crippen LogP contribution in [0.25, 0.3) is 33.9 Å². The second-order valence-electron chi connectivity index (χ2n) is 8.02. The zero-order valence-corrected chi connectivity index (χ0v) is 16.6. The summed E-state index contributed by atoms with van der Waals surface area (Å²) in [6.07, 6.45) is 0. The lowest BCUT2D eigenvalue weighted by Gasteiger charge is -2.20. The minimum Gasteiger partial charge on any atom is -0.228 e. The monoisotopic (exact) mass is 364 g/mol. The Morgan fingerprint density at radius 1 is 0.536 bits per heavy atom. The van der Waals surface area contributed by atoms with E-state index in [9.17, 15) is 0 Å². The lowest BCUT2D eigenvalue weighted by atomic mass is 9.86. The van der Waals surface area contributed by atoms with Crippen molar-refractivity contribution < 1.29 is 0 Å². The van der Waals surface area contributed by atoms with Gasteiger partial charge in [0.25, 0.3) is 0 Å². The molecule has 0 bridgehead atoms. The Balaban J connectivity index is 1.90. The molecule has 0 aliphatic carbocycles. The summed E-state index contributed by atoms with van der Waals surface area (Å²) in [5, 5.41) is 0. The van der Waals surface area contributed by atoms with Gasteiger partial charge in [-0.15, -0.1) is 0 Å². The fourth-order valence-electron chi connectivity index (χ4n) is 3.21. The minimum atomic E-state index is 0.0908. The molecule has 0 radical (unpaired) electrons. The van der Waals surface area contributed by atoms with E-state index in [1.165, 1.54) is 5.56 Å². The number of hydrogen-bond acceptors (Lipinski definition) is 2. The highest BCUT2D eigenvalue weighted by Crippen LogP contribution is 2.30. The summed E-state index contributed by atoms with van der Waals surface area (Å²) < 4.78 is 0. The number of benzene rings is 3. The molecule has 1 heterocycles. The smallest absolute Gasteiger partial charge is 0.160 e. The lowest BCUT2D eigenvalue weighted by molar-refractivity contribution is 0.590. The van der Waals surface area contributed by atoms with Gasteiger partial charge >= 0.3 is 0 Å². The standard InChI is InChI=1S/C26H24N2/c1-26(2,3)22-16-10-15-21(17-22)24-18-23(19-11-6-4-7-12-19)27-25(28-24)20-13-8-5-9-14-20/h4-18H,1-3H3. The van der Waals surface area contributed by atoms with Gasteiger partial charge in [0, 0.05) is 16.7 Å². The van der Waals surface area contributed by atoms with Crippen molar-refractivity contribution in [2.45, 2.75) is 26.2 Å². The molecule has 0 aliphatic heterocycles. The van der Waals surface area contributed by atoms with Gasteiger partial charge in [0.15, 0.2) is 5.82 Å². The normalized spacial score (nSPS) is 11.4. The Morgan fingerprint density at radius 2 is 1.07 bits per heavy atom. The van der Waals surface area contributed by atoms with E-state index >= 15 is 0 Å². The maximum atomic E-state index is 4.91. The maximum Gasteiger partial charge on any atom is 0.160 e. The quantitative estimate of drug-likeness (QED) is 0.400. The van der Waals surface area contributed by atoms with Crippen molar-refractivity contribution in [3.8, 4) is 33.9 Å². The van der Waals surface area contributed by atoms with Crippen LogP contribution in [0.3, 0.4) is 0 Å². The molecule has 0 atom stereocenters. The Bertz CT molecular complexity index is 1020. The number of hydrogen-bond donors (Lipinski definition) is 0. The van der Waals surface area contributed by atoms with Crippen LogP contribution in [0.5, 0.6) is 0 Å². The number of nitrogens with zero attached hydrogens (tertiary/aromatic N) is 2. The maximum absolute atomic E-state index is 4.91. The van der Waals surface area contributed by atoms with Crippen LogP contribution < -0.4 is 0 Å². The zero-order chi connectivity index (χ0) is 19.6. The molecule has 0 amide bonds. The molecule has 138 valence electrons. The Labute approximate surface area is 167 Å². The average molecular weight is 364 g/mol. The van der Waals surface area contributed by atoms with Crippen LogP contribution in [0.15, 0.2) is 91.0 Å². The molecular formula is C26H24N2. The third-order valence-electron chi connectivity index (χ3n) is 4.85. The van der Waals surface area contributed by atoms with Crippen molar-refractivity contribution in [1.29, 1.82) is 0 Å². The third kappa shape index (κ3) is 3.86. The molecule has 0 saturated heterocycles. The first-order chi connectivity index (χ1) is 13.5. The summed E-state index contributed by atoms with van der Waals surface area (Å²) in [5.41, 5.74) is 6.50. The van der Waals surface area contributed by atoms with Crippen molar-refractivity contribution >= 4 is 0 Å². The zero-order valence-electron chi connectivity index (χ0n) is 16.6. The van der Waals surface area contributed by atoms with Gasteiger partial charge in [0.1, 0.15) is 0 Å². The minimum absolute atomic E-state index is 0.0908. The molecule has 3 aromatic carbocycles. The van der Waals surface area contributed by atoms with Crippen LogP contribution in [0.4, 0.5) is 0 Å². The molecule has 4 rings (SSSR count). The first-order valence-corrected chi connectivity index (χ1v) is 9.61. The molecule has 1 aromatic heterocycles. The van der Waals surface area contributed by atoms with Gasteiger partial charge in [-0.05, 0) is 23.1 Å². The van der Waals surface area contributed by atoms with E-state index < -0.39 is 0 Å². The van der Waals surface area contributed by atoms with Crippen molar-refractivity contribution in [2.24, 2.45) is 0 Å². The van der Waals surface area contributed by atoms with Crippen LogP contribution in [0.2, 0.25) is 0 Å². The van der Waals surface area contributed by atoms with E-state index in [2.05, 4.69) is 75.4 Å². The van der Waals surface area contributed by atoms with Crippen molar-refractivity contribution in [1.82, 2.24) is 9.97 Å². The average Bonchev–Trinajstić information content (AvgIpc) is 2.74. The molecule has 0 spiro atoms. The summed E-state index contributed by atoms with van der Waals surface area (Å²) in [5.74, 6) is 0.748. The second-order valence-corrected chi connectivity index (χ2v) is 8.02. The highest BCUT2D eigenvalue weighted by Gasteiger charge is 2.15. The summed E-state index contributed by atoms with van der Waals surface area (Å²) in [7, 11) is 0. The van der Waals surface area contributed by atoms with Gasteiger partial charge in [0.05, 0.1) is 11.4 Å². The van der Waals surface area contributed by atoms with E-state index in [4.69, 9.17) is 9.97 Å². The third-order valence-corrected chi connectivity index (χ3v) is 4.85. The van der Waals surface area contributed by atoms with E-state index in [1.54, 1.807) is 0 Å². The predicted octanol–water partition coefficient (Wildman–Crippen LogP) is 6.78. The topological polar surface area (TPSA) is 25.8 Å². The van der Waals surface area contributed by atoms with Crippen LogP contribution in [0.1, 0.15) is 26.3 Å². The molecule has 28 heavy (non-hydrogen) atoms. The van der Waals surface area contributed by atoms with E-state index in [-0.39, 0.29) is 5.41 Å². The van der Waals surface area contributed by atoms with Gasteiger partial charge in [-0.1, -0.05) is 99.6 Å². The lowest BCUT2D eigenvalue weighted by Crippen LogP contribution is -2.10. The first-order valence-electron chi connectivity index (χ1n) is 9.61. The summed E-state index contributed by atoms with van der Waals surface area (Å²) in [6.45, 7) is 6.70. The second kappa shape index (κ2) is 7.40. The van der Waals surface area contributed by atoms with Gasteiger partial charge in [-0.2, -0.15) is 0 Å². The highest BCUT2D eigenvalue weighted by atomic mass is 14.9. The van der Waals surface area contributed by atoms with Crippen LogP contribution >= 0.6 is 0 Å². The van der Waals surface area contributed by atoms with Gasteiger partial charge in [-0.25, -0.2) is 9.97 Å². The molecule has 0 unspecified atom stereocenters. The molecule has 2 heteroatoms. The Hall–Kier alpha value is -3.26. The SMILES string of the molecule is CC(C)(C)c1cccc(-c2cc(-c3ccccc3)nc(-c3ccccc3)n2)c1. The van der Waals surface area contributed by atoms with Crippen LogP contribution in [0, 0.1) is 0 Å². The number of rotatable bonds is 3. The van der Waals surface area contributed by atoms with Crippen molar-refractivity contribution in [3.63, 3.8) is 0 Å². The summed E-state index contributed by atoms with van der Waals surface area (Å²) in [6, 6.07) is 31.2. The molecule has 0 fully saturated rings. The van der Waals surface area contributed by atoms with E-state index in [0.29, 0.717) is 0 Å². The number of aromatic nitrogens is 2. The fourth-order valence-corrected chi connectivity index (χ4v) is 3.21. The molecule has 0 aliphatic rings. The van der Waals surface area contributed by atoms with Gasteiger partial charge in [-0.3, -0.25) is 0 Å². The Morgan fingerprint density at radius 3 is 1.68 bits per heavy atom. The molecule has 0 N–H and O–H groups in total. The van der Waals surface area contributed by atoms with Crippen LogP contribution in [-0.2, 0) is 5.41 Å². The fraction of sp³-hybridized carbons (Fsp3) is 0.154. The molecule has 0 saturated carbocycles. The summed E-state index contributed by atoms with van der Waals surface area (Å²) in [4.78, 5) is 9.77. The molecule has 4 aromatic rings.